The average molecular weight is 225 g/mol. The first-order valence-electron chi connectivity index (χ1n) is 3.80. The van der Waals surface area contributed by atoms with Gasteiger partial charge in [-0.3, -0.25) is 0 Å². The first kappa shape index (κ1) is 11.9. The molecule has 0 bridgehead atoms. The van der Waals surface area contributed by atoms with E-state index in [1.165, 1.54) is 0 Å². The van der Waals surface area contributed by atoms with Crippen LogP contribution in [0.5, 0.6) is 0 Å². The van der Waals surface area contributed by atoms with E-state index in [-0.39, 0.29) is 6.07 Å². The Hall–Kier alpha value is -1.18. The highest BCUT2D eigenvalue weighted by Gasteiger charge is 2.33. The Bertz CT molecular complexity index is 370. The SMILES string of the molecule is C[N+]([O-])(O)c1cc(C(F)(F)F)ccc1F. The van der Waals surface area contributed by atoms with Gasteiger partial charge >= 0.3 is 6.18 Å². The molecule has 1 aromatic rings. The van der Waals surface area contributed by atoms with Crippen molar-refractivity contribution in [2.75, 3.05) is 7.05 Å². The van der Waals surface area contributed by atoms with Crippen LogP contribution in [0.3, 0.4) is 0 Å². The largest absolute Gasteiger partial charge is 0.593 e. The summed E-state index contributed by atoms with van der Waals surface area (Å²) in [6, 6.07) is 1.26. The van der Waals surface area contributed by atoms with Crippen LogP contribution in [0.25, 0.3) is 0 Å². The van der Waals surface area contributed by atoms with Crippen molar-refractivity contribution < 1.29 is 22.8 Å². The van der Waals surface area contributed by atoms with Crippen molar-refractivity contribution in [3.05, 3.63) is 34.8 Å². The molecule has 1 rings (SSSR count). The molecule has 1 aromatic carbocycles. The van der Waals surface area contributed by atoms with Crippen molar-refractivity contribution in [3.8, 4) is 0 Å². The van der Waals surface area contributed by atoms with Crippen LogP contribution in [-0.2, 0) is 6.18 Å². The Morgan fingerprint density at radius 2 is 1.87 bits per heavy atom. The number of halogens is 4. The zero-order valence-electron chi connectivity index (χ0n) is 7.55. The fraction of sp³-hybridized carbons (Fsp3) is 0.250. The summed E-state index contributed by atoms with van der Waals surface area (Å²) in [5.74, 6) is -1.19. The van der Waals surface area contributed by atoms with Gasteiger partial charge in [0.1, 0.15) is 7.05 Å². The number of rotatable bonds is 1. The second kappa shape index (κ2) is 3.44. The van der Waals surface area contributed by atoms with E-state index in [0.717, 1.165) is 0 Å². The first-order valence-corrected chi connectivity index (χ1v) is 3.80. The number of alkyl halides is 3. The van der Waals surface area contributed by atoms with Gasteiger partial charge in [0, 0.05) is 6.07 Å². The van der Waals surface area contributed by atoms with E-state index in [4.69, 9.17) is 5.21 Å². The normalized spacial score (nSPS) is 16.2. The van der Waals surface area contributed by atoms with Gasteiger partial charge in [-0.1, -0.05) is 0 Å². The molecular weight excluding hydrogens is 218 g/mol. The molecule has 1 unspecified atom stereocenters. The zero-order valence-corrected chi connectivity index (χ0v) is 7.55. The Labute approximate surface area is 82.3 Å². The Morgan fingerprint density at radius 1 is 1.33 bits per heavy atom. The Morgan fingerprint density at radius 3 is 2.27 bits per heavy atom. The molecule has 84 valence electrons. The molecule has 3 nitrogen and oxygen atoms in total. The van der Waals surface area contributed by atoms with Gasteiger partial charge in [-0.15, -0.1) is 0 Å². The molecule has 0 radical (unpaired) electrons. The zero-order chi connectivity index (χ0) is 11.9. The van der Waals surface area contributed by atoms with Gasteiger partial charge in [0.2, 0.25) is 5.69 Å². The quantitative estimate of drug-likeness (QED) is 0.453. The van der Waals surface area contributed by atoms with E-state index in [1.807, 2.05) is 0 Å². The lowest BCUT2D eigenvalue weighted by molar-refractivity contribution is -0.137. The predicted octanol–water partition coefficient (Wildman–Crippen LogP) is 2.67. The molecule has 0 aliphatic carbocycles. The average Bonchev–Trinajstić information content (AvgIpc) is 2.00. The fourth-order valence-corrected chi connectivity index (χ4v) is 1.01. The molecule has 1 N–H and O–H groups in total. The van der Waals surface area contributed by atoms with Crippen LogP contribution >= 0.6 is 0 Å². The summed E-state index contributed by atoms with van der Waals surface area (Å²) in [7, 11) is 0.610. The molecule has 15 heavy (non-hydrogen) atoms. The number of quaternary nitrogens is 1. The third-order valence-corrected chi connectivity index (χ3v) is 1.72. The van der Waals surface area contributed by atoms with E-state index < -0.39 is 28.1 Å². The van der Waals surface area contributed by atoms with E-state index in [1.54, 1.807) is 0 Å². The molecule has 0 spiro atoms. The molecule has 1 atom stereocenters. The first-order chi connectivity index (χ1) is 6.62. The maximum Gasteiger partial charge on any atom is 0.416 e. The number of benzene rings is 1. The fourth-order valence-electron chi connectivity index (χ4n) is 1.01. The molecule has 0 heterocycles. The van der Waals surface area contributed by atoms with Crippen LogP contribution in [0, 0.1) is 11.0 Å². The van der Waals surface area contributed by atoms with Crippen LogP contribution in [-0.4, -0.2) is 12.3 Å². The summed E-state index contributed by atoms with van der Waals surface area (Å²) in [5.41, 5.74) is -2.17. The molecule has 0 aliphatic heterocycles. The summed E-state index contributed by atoms with van der Waals surface area (Å²) in [5, 5.41) is 19.7. The lowest BCUT2D eigenvalue weighted by Crippen LogP contribution is -2.34. The summed E-state index contributed by atoms with van der Waals surface area (Å²) in [6.45, 7) is 0. The highest BCUT2D eigenvalue weighted by Crippen LogP contribution is 2.33. The molecule has 0 aliphatic rings. The van der Waals surface area contributed by atoms with Crippen LogP contribution in [0.4, 0.5) is 23.2 Å². The van der Waals surface area contributed by atoms with Crippen LogP contribution in [0.2, 0.25) is 0 Å². The van der Waals surface area contributed by atoms with E-state index in [9.17, 15) is 22.8 Å². The van der Waals surface area contributed by atoms with E-state index in [2.05, 4.69) is 0 Å². The lowest BCUT2D eigenvalue weighted by atomic mass is 10.2. The predicted molar refractivity (Wildman–Crippen MR) is 44.3 cm³/mol. The molecule has 0 aromatic heterocycles. The summed E-state index contributed by atoms with van der Waals surface area (Å²) < 4.78 is 49.4. The summed E-state index contributed by atoms with van der Waals surface area (Å²) >= 11 is 0. The van der Waals surface area contributed by atoms with Crippen molar-refractivity contribution in [1.82, 2.24) is 4.81 Å². The van der Waals surface area contributed by atoms with Crippen molar-refractivity contribution in [1.29, 1.82) is 0 Å². The maximum atomic E-state index is 12.9. The minimum atomic E-state index is -4.68. The van der Waals surface area contributed by atoms with Gasteiger partial charge in [0.25, 0.3) is 0 Å². The van der Waals surface area contributed by atoms with Crippen molar-refractivity contribution in [3.63, 3.8) is 0 Å². The number of hydrogen-bond acceptors (Lipinski definition) is 2. The van der Waals surface area contributed by atoms with Crippen LogP contribution in [0.15, 0.2) is 18.2 Å². The Kier molecular flexibility index (Phi) is 2.73. The van der Waals surface area contributed by atoms with Gasteiger partial charge in [-0.25, -0.2) is 9.60 Å². The molecule has 7 heteroatoms. The molecular formula is C8H7F4NO2. The van der Waals surface area contributed by atoms with Gasteiger partial charge in [0.15, 0.2) is 5.82 Å². The van der Waals surface area contributed by atoms with Gasteiger partial charge in [-0.05, 0) is 12.1 Å². The molecule has 0 saturated carbocycles. The highest BCUT2D eigenvalue weighted by molar-refractivity contribution is 5.45. The number of hydrogen-bond donors (Lipinski definition) is 1. The van der Waals surface area contributed by atoms with Crippen LogP contribution < -0.4 is 4.81 Å². The number of nitrogens with zero attached hydrogens (tertiary/aromatic N) is 1. The molecule has 0 amide bonds. The van der Waals surface area contributed by atoms with Crippen molar-refractivity contribution in [2.45, 2.75) is 6.18 Å². The third kappa shape index (κ3) is 2.65. The summed E-state index contributed by atoms with van der Waals surface area (Å²) in [4.78, 5) is -2.24. The highest BCUT2D eigenvalue weighted by atomic mass is 19.4. The molecule has 0 fully saturated rings. The monoisotopic (exact) mass is 225 g/mol. The third-order valence-electron chi connectivity index (χ3n) is 1.72. The lowest BCUT2D eigenvalue weighted by Gasteiger charge is -2.28. The second-order valence-corrected chi connectivity index (χ2v) is 3.04. The number of hydroxylamine groups is 2. The summed E-state index contributed by atoms with van der Waals surface area (Å²) in [6.07, 6.45) is -4.68. The minimum absolute atomic E-state index is 0.280. The van der Waals surface area contributed by atoms with Gasteiger partial charge < -0.3 is 5.21 Å². The topological polar surface area (TPSA) is 43.3 Å². The van der Waals surface area contributed by atoms with Gasteiger partial charge in [0.05, 0.1) is 5.56 Å². The minimum Gasteiger partial charge on any atom is -0.593 e. The maximum absolute atomic E-state index is 12.9. The molecule has 0 saturated heterocycles. The second-order valence-electron chi connectivity index (χ2n) is 3.04. The van der Waals surface area contributed by atoms with E-state index >= 15 is 0 Å². The van der Waals surface area contributed by atoms with Crippen LogP contribution in [0.1, 0.15) is 5.56 Å². The smallest absolute Gasteiger partial charge is 0.416 e. The van der Waals surface area contributed by atoms with E-state index in [0.29, 0.717) is 19.2 Å². The Balaban J connectivity index is 3.30. The van der Waals surface area contributed by atoms with Crippen molar-refractivity contribution >= 4 is 5.69 Å². The standard InChI is InChI=1S/C8H7F4NO2/c1-13(14,15)7-4-5(8(10,11)12)2-3-6(7)9/h2-4,14H,1H3. The van der Waals surface area contributed by atoms with Crippen molar-refractivity contribution in [2.24, 2.45) is 0 Å². The van der Waals surface area contributed by atoms with Gasteiger partial charge in [-0.2, -0.15) is 18.0 Å².